The molecule has 1 atom stereocenters. The number of halogens is 2. The normalized spacial score (nSPS) is 12.6. The fourth-order valence-corrected chi connectivity index (χ4v) is 3.24. The molecule has 0 bridgehead atoms. The molecular weight excluding hydrogens is 425 g/mol. The maximum Gasteiger partial charge on any atom is 0.0557 e. The molecule has 0 fully saturated rings. The van der Waals surface area contributed by atoms with E-state index in [1.807, 2.05) is 6.07 Å². The Morgan fingerprint density at radius 3 is 2.20 bits per heavy atom. The summed E-state index contributed by atoms with van der Waals surface area (Å²) in [5, 5.41) is 2.40. The van der Waals surface area contributed by atoms with Crippen molar-refractivity contribution in [3.05, 3.63) is 79.8 Å². The van der Waals surface area contributed by atoms with Crippen molar-refractivity contribution in [1.29, 1.82) is 0 Å². The van der Waals surface area contributed by atoms with Crippen molar-refractivity contribution in [2.75, 3.05) is 0 Å². The molecule has 0 aromatic heterocycles. The Morgan fingerprint density at radius 1 is 0.850 bits per heavy atom. The summed E-state index contributed by atoms with van der Waals surface area (Å²) < 4.78 is 2.32. The number of rotatable bonds is 2. The van der Waals surface area contributed by atoms with Crippen LogP contribution in [0.1, 0.15) is 17.2 Å². The molecule has 1 unspecified atom stereocenters. The predicted molar refractivity (Wildman–Crippen MR) is 96.8 cm³/mol. The zero-order valence-electron chi connectivity index (χ0n) is 10.7. The van der Waals surface area contributed by atoms with E-state index in [2.05, 4.69) is 93.1 Å². The van der Waals surface area contributed by atoms with Crippen LogP contribution in [-0.2, 0) is 0 Å². The van der Waals surface area contributed by atoms with Gasteiger partial charge in [-0.1, -0.05) is 58.4 Å². The van der Waals surface area contributed by atoms with Gasteiger partial charge in [-0.3, -0.25) is 0 Å². The van der Waals surface area contributed by atoms with Gasteiger partial charge in [0.1, 0.15) is 0 Å². The molecule has 0 spiro atoms. The third-order valence-corrected chi connectivity index (χ3v) is 4.88. The fourth-order valence-electron chi connectivity index (χ4n) is 2.41. The second-order valence-corrected chi connectivity index (χ2v) is 6.81. The number of nitrogens with two attached hydrogens (primary N) is 1. The average molecular weight is 438 g/mol. The Kier molecular flexibility index (Phi) is 4.10. The highest BCUT2D eigenvalue weighted by Gasteiger charge is 2.13. The molecular formula is C17H13BrIN. The van der Waals surface area contributed by atoms with Crippen LogP contribution in [0.25, 0.3) is 10.8 Å². The smallest absolute Gasteiger partial charge is 0.0557 e. The highest BCUT2D eigenvalue weighted by atomic mass is 127. The van der Waals surface area contributed by atoms with Gasteiger partial charge in [-0.15, -0.1) is 0 Å². The zero-order chi connectivity index (χ0) is 14.1. The number of hydrogen-bond acceptors (Lipinski definition) is 1. The molecule has 0 heterocycles. The average Bonchev–Trinajstić information content (AvgIpc) is 2.48. The van der Waals surface area contributed by atoms with Gasteiger partial charge in [-0.25, -0.2) is 0 Å². The van der Waals surface area contributed by atoms with E-state index >= 15 is 0 Å². The van der Waals surface area contributed by atoms with Crippen molar-refractivity contribution < 1.29 is 0 Å². The molecule has 0 saturated heterocycles. The Balaban J connectivity index is 2.14. The standard InChI is InChI=1S/C17H13BrIN/c18-16-10-9-15(13-3-1-2-4-14(13)16)17(20)11-5-7-12(19)8-6-11/h1-10,17H,20H2. The van der Waals surface area contributed by atoms with Crippen LogP contribution in [0.5, 0.6) is 0 Å². The molecule has 0 aliphatic carbocycles. The summed E-state index contributed by atoms with van der Waals surface area (Å²) in [6.45, 7) is 0. The van der Waals surface area contributed by atoms with Crippen molar-refractivity contribution in [1.82, 2.24) is 0 Å². The SMILES string of the molecule is NC(c1ccc(I)cc1)c1ccc(Br)c2ccccc12. The van der Waals surface area contributed by atoms with E-state index in [0.29, 0.717) is 0 Å². The lowest BCUT2D eigenvalue weighted by atomic mass is 9.94. The van der Waals surface area contributed by atoms with Gasteiger partial charge in [0.15, 0.2) is 0 Å². The fraction of sp³-hybridized carbons (Fsp3) is 0.0588. The lowest BCUT2D eigenvalue weighted by Crippen LogP contribution is -2.12. The summed E-state index contributed by atoms with van der Waals surface area (Å²) in [5.74, 6) is 0. The van der Waals surface area contributed by atoms with E-state index in [9.17, 15) is 0 Å². The van der Waals surface area contributed by atoms with Gasteiger partial charge in [0, 0.05) is 8.04 Å². The predicted octanol–water partition coefficient (Wildman–Crippen LogP) is 5.26. The molecule has 2 N–H and O–H groups in total. The van der Waals surface area contributed by atoms with Gasteiger partial charge in [0.05, 0.1) is 6.04 Å². The summed E-state index contributed by atoms with van der Waals surface area (Å²) >= 11 is 5.91. The van der Waals surface area contributed by atoms with Crippen LogP contribution in [0.3, 0.4) is 0 Å². The Labute approximate surface area is 140 Å². The maximum absolute atomic E-state index is 6.46. The Hall–Kier alpha value is -0.910. The summed E-state index contributed by atoms with van der Waals surface area (Å²) in [4.78, 5) is 0. The van der Waals surface area contributed by atoms with Gasteiger partial charge in [0.2, 0.25) is 0 Å². The second kappa shape index (κ2) is 5.84. The topological polar surface area (TPSA) is 26.0 Å². The highest BCUT2D eigenvalue weighted by Crippen LogP contribution is 2.32. The molecule has 0 saturated carbocycles. The van der Waals surface area contributed by atoms with E-state index in [1.165, 1.54) is 14.3 Å². The molecule has 0 amide bonds. The lowest BCUT2D eigenvalue weighted by molar-refractivity contribution is 0.880. The maximum atomic E-state index is 6.46. The van der Waals surface area contributed by atoms with Crippen LogP contribution in [0.2, 0.25) is 0 Å². The van der Waals surface area contributed by atoms with Crippen molar-refractivity contribution in [2.24, 2.45) is 5.73 Å². The van der Waals surface area contributed by atoms with Crippen LogP contribution < -0.4 is 5.73 Å². The number of hydrogen-bond donors (Lipinski definition) is 1. The summed E-state index contributed by atoms with van der Waals surface area (Å²) in [6, 6.07) is 20.8. The van der Waals surface area contributed by atoms with Crippen molar-refractivity contribution in [2.45, 2.75) is 6.04 Å². The van der Waals surface area contributed by atoms with E-state index in [-0.39, 0.29) is 6.04 Å². The van der Waals surface area contributed by atoms with Crippen LogP contribution >= 0.6 is 38.5 Å². The highest BCUT2D eigenvalue weighted by molar-refractivity contribution is 14.1. The quantitative estimate of drug-likeness (QED) is 0.544. The third-order valence-electron chi connectivity index (χ3n) is 3.47. The molecule has 3 aromatic rings. The van der Waals surface area contributed by atoms with E-state index in [0.717, 1.165) is 15.6 Å². The van der Waals surface area contributed by atoms with Gasteiger partial charge in [0.25, 0.3) is 0 Å². The zero-order valence-corrected chi connectivity index (χ0v) is 14.4. The van der Waals surface area contributed by atoms with Crippen LogP contribution in [-0.4, -0.2) is 0 Å². The van der Waals surface area contributed by atoms with Crippen molar-refractivity contribution in [3.63, 3.8) is 0 Å². The molecule has 1 nitrogen and oxygen atoms in total. The molecule has 0 aliphatic heterocycles. The lowest BCUT2D eigenvalue weighted by Gasteiger charge is -2.16. The van der Waals surface area contributed by atoms with Crippen molar-refractivity contribution in [3.8, 4) is 0 Å². The number of fused-ring (bicyclic) bond motifs is 1. The van der Waals surface area contributed by atoms with Gasteiger partial charge < -0.3 is 5.73 Å². The Bertz CT molecular complexity index is 753. The van der Waals surface area contributed by atoms with Gasteiger partial charge in [-0.05, 0) is 62.7 Å². The second-order valence-electron chi connectivity index (χ2n) is 4.71. The summed E-state index contributed by atoms with van der Waals surface area (Å²) in [7, 11) is 0. The first-order valence-electron chi connectivity index (χ1n) is 6.35. The first kappa shape index (κ1) is 14.0. The molecule has 0 aliphatic rings. The molecule has 3 rings (SSSR count). The first-order valence-corrected chi connectivity index (χ1v) is 8.22. The summed E-state index contributed by atoms with van der Waals surface area (Å²) in [6.07, 6.45) is 0. The minimum absolute atomic E-state index is 0.106. The monoisotopic (exact) mass is 437 g/mol. The van der Waals surface area contributed by atoms with Gasteiger partial charge in [-0.2, -0.15) is 0 Å². The van der Waals surface area contributed by atoms with E-state index < -0.39 is 0 Å². The van der Waals surface area contributed by atoms with E-state index in [1.54, 1.807) is 0 Å². The molecule has 3 heteroatoms. The molecule has 3 aromatic carbocycles. The van der Waals surface area contributed by atoms with Crippen LogP contribution in [0, 0.1) is 3.57 Å². The minimum Gasteiger partial charge on any atom is -0.320 e. The van der Waals surface area contributed by atoms with Gasteiger partial charge >= 0.3 is 0 Å². The van der Waals surface area contributed by atoms with Crippen molar-refractivity contribution >= 4 is 49.3 Å². The third kappa shape index (κ3) is 2.62. The van der Waals surface area contributed by atoms with E-state index in [4.69, 9.17) is 5.73 Å². The van der Waals surface area contributed by atoms with Crippen LogP contribution in [0.15, 0.2) is 65.1 Å². The molecule has 20 heavy (non-hydrogen) atoms. The van der Waals surface area contributed by atoms with Crippen LogP contribution in [0.4, 0.5) is 0 Å². The Morgan fingerprint density at radius 2 is 1.50 bits per heavy atom. The minimum atomic E-state index is -0.106. The molecule has 100 valence electrons. The largest absolute Gasteiger partial charge is 0.320 e. The molecule has 0 radical (unpaired) electrons. The number of benzene rings is 3. The first-order chi connectivity index (χ1) is 9.66. The summed E-state index contributed by atoms with van der Waals surface area (Å²) in [5.41, 5.74) is 8.76.